The lowest BCUT2D eigenvalue weighted by Crippen LogP contribution is -2.63. The number of carbonyl (C=O) groups is 5. The maximum Gasteiger partial charge on any atom is 0.409 e. The molecule has 4 amide bonds. The van der Waals surface area contributed by atoms with E-state index in [0.29, 0.717) is 36.1 Å². The highest BCUT2D eigenvalue weighted by Gasteiger charge is 2.64. The van der Waals surface area contributed by atoms with Gasteiger partial charge < -0.3 is 43.9 Å². The molecule has 1 aromatic rings. The summed E-state index contributed by atoms with van der Waals surface area (Å²) in [5, 5.41) is 18.1. The van der Waals surface area contributed by atoms with Gasteiger partial charge in [0.15, 0.2) is 5.72 Å². The van der Waals surface area contributed by atoms with Gasteiger partial charge in [-0.2, -0.15) is 0 Å². The molecule has 0 spiro atoms. The number of rotatable bonds is 14. The van der Waals surface area contributed by atoms with E-state index in [9.17, 15) is 29.1 Å². The Kier molecular flexibility index (Phi) is 18.1. The predicted molar refractivity (Wildman–Crippen MR) is 261 cm³/mol. The summed E-state index contributed by atoms with van der Waals surface area (Å²) in [6.07, 6.45) is 9.61. The van der Waals surface area contributed by atoms with Crippen molar-refractivity contribution in [1.29, 1.82) is 0 Å². The molecule has 1 aromatic carbocycles. The van der Waals surface area contributed by atoms with E-state index in [1.54, 1.807) is 80.7 Å². The summed E-state index contributed by atoms with van der Waals surface area (Å²) < 4.78 is 29.5. The first-order chi connectivity index (χ1) is 31.8. The molecule has 4 fully saturated rings. The van der Waals surface area contributed by atoms with Crippen molar-refractivity contribution in [3.63, 3.8) is 0 Å². The molecule has 4 bridgehead atoms. The summed E-state index contributed by atoms with van der Waals surface area (Å²) in [4.78, 5) is 70.3. The summed E-state index contributed by atoms with van der Waals surface area (Å²) in [7, 11) is 9.27. The number of allylic oxidation sites excluding steroid dienone is 3. The van der Waals surface area contributed by atoms with Gasteiger partial charge in [0.2, 0.25) is 17.7 Å². The molecule has 0 aromatic heterocycles. The Morgan fingerprint density at radius 3 is 2.60 bits per heavy atom. The Balaban J connectivity index is 1.10. The number of halogens is 1. The smallest absolute Gasteiger partial charge is 0.409 e. The number of hydrogen-bond acceptors (Lipinski definition) is 13. The van der Waals surface area contributed by atoms with Crippen LogP contribution in [-0.2, 0) is 44.5 Å². The number of carbonyl (C=O) groups excluding carboxylic acids is 5. The lowest BCUT2D eigenvalue weighted by atomic mass is 9.79. The minimum absolute atomic E-state index is 0.0601. The average molecular weight is 992 g/mol. The van der Waals surface area contributed by atoms with Gasteiger partial charge in [0.25, 0.3) is 0 Å². The van der Waals surface area contributed by atoms with E-state index in [0.717, 1.165) is 42.2 Å². The molecule has 3 N–H and O–H groups in total. The van der Waals surface area contributed by atoms with Gasteiger partial charge in [-0.05, 0) is 82.4 Å². The number of aliphatic hydroxyl groups is 1. The summed E-state index contributed by atoms with van der Waals surface area (Å²) in [6.45, 7) is 9.12. The van der Waals surface area contributed by atoms with Gasteiger partial charge >= 0.3 is 12.1 Å². The zero-order chi connectivity index (χ0) is 48.8. The molecule has 3 aliphatic heterocycles. The van der Waals surface area contributed by atoms with Crippen LogP contribution in [0.25, 0.3) is 0 Å². The molecule has 6 rings (SSSR count). The van der Waals surface area contributed by atoms with Gasteiger partial charge in [-0.15, -0.1) is 0 Å². The van der Waals surface area contributed by atoms with Crippen molar-refractivity contribution >= 4 is 68.7 Å². The van der Waals surface area contributed by atoms with Crippen LogP contribution in [-0.4, -0.2) is 127 Å². The minimum Gasteiger partial charge on any atom is -0.495 e. The van der Waals surface area contributed by atoms with Crippen molar-refractivity contribution in [2.45, 2.75) is 165 Å². The predicted octanol–water partition coefficient (Wildman–Crippen LogP) is 7.54. The fourth-order valence-corrected chi connectivity index (χ4v) is 12.8. The highest BCUT2D eigenvalue weighted by molar-refractivity contribution is 8.76. The second-order valence-electron chi connectivity index (χ2n) is 19.4. The van der Waals surface area contributed by atoms with Crippen LogP contribution in [0.15, 0.2) is 35.9 Å². The van der Waals surface area contributed by atoms with Crippen LogP contribution in [0.5, 0.6) is 5.75 Å². The van der Waals surface area contributed by atoms with Gasteiger partial charge in [0.05, 0.1) is 25.3 Å². The maximum atomic E-state index is 14.3. The number of benzene rings is 1. The second-order valence-corrected chi connectivity index (χ2v) is 22.8. The Bertz CT molecular complexity index is 2040. The highest BCUT2D eigenvalue weighted by Crippen LogP contribution is 2.49. The molecule has 12 atom stereocenters. The molecule has 4 unspecified atom stereocenters. The van der Waals surface area contributed by atoms with E-state index in [-0.39, 0.29) is 41.3 Å². The Morgan fingerprint density at radius 1 is 1.12 bits per heavy atom. The van der Waals surface area contributed by atoms with Crippen molar-refractivity contribution in [3.05, 3.63) is 46.5 Å². The fraction of sp³-hybridized carbons (Fsp3) is 0.694. The third-order valence-electron chi connectivity index (χ3n) is 14.6. The van der Waals surface area contributed by atoms with Crippen LogP contribution < -0.4 is 20.3 Å². The third-order valence-corrected chi connectivity index (χ3v) is 17.9. The lowest BCUT2D eigenvalue weighted by molar-refractivity contribution is -0.162. The summed E-state index contributed by atoms with van der Waals surface area (Å²) in [5.74, 6) is 0.649. The minimum atomic E-state index is -1.84. The Labute approximate surface area is 408 Å². The van der Waals surface area contributed by atoms with Gasteiger partial charge in [-0.25, -0.2) is 9.59 Å². The first-order valence-electron chi connectivity index (χ1n) is 23.7. The summed E-state index contributed by atoms with van der Waals surface area (Å²) in [6, 6.07) is 2.88. The van der Waals surface area contributed by atoms with E-state index in [1.165, 1.54) is 49.7 Å². The number of amides is 4. The van der Waals surface area contributed by atoms with Crippen molar-refractivity contribution < 1.29 is 52.8 Å². The number of esters is 1. The van der Waals surface area contributed by atoms with E-state index >= 15 is 0 Å². The third kappa shape index (κ3) is 13.0. The van der Waals surface area contributed by atoms with E-state index in [4.69, 9.17) is 35.3 Å². The Hall–Kier alpha value is -3.48. The van der Waals surface area contributed by atoms with E-state index in [2.05, 4.69) is 17.6 Å². The Morgan fingerprint density at radius 2 is 1.87 bits per heavy atom. The highest BCUT2D eigenvalue weighted by atomic mass is 35.5. The van der Waals surface area contributed by atoms with Crippen molar-refractivity contribution in [2.24, 2.45) is 17.8 Å². The van der Waals surface area contributed by atoms with Crippen molar-refractivity contribution in [3.8, 4) is 5.75 Å². The zero-order valence-corrected chi connectivity index (χ0v) is 42.9. The standard InChI is InChI=1S/C49H71ClN4O11S2/c1-28-12-10-15-39(62-9)49(60)27-38(63-47(59)52-49)30(3)45-48(5,65-45)40(26-43(57)54(7)36-23-32(22-28)24-37(61-8)44(36)50)64-46(58)31(4)53(6)42(56)20-21-66-67-29(2)16-19-41(55)51-35-18-17-33-13-11-14-34(33)25-35/h10,12,15,23-24,29-31,33-35,38-40,45,60H,11,13-14,16-22,25-27H2,1-9H3,(H,51,55)(H,52,59)/b15-10+,28-12+/t29?,30-,31+,33?,34?,35?,38+,39-,40+,45+,48+,49+/m1/s1. The van der Waals surface area contributed by atoms with Gasteiger partial charge in [-0.3, -0.25) is 19.7 Å². The molecular weight excluding hydrogens is 920 g/mol. The topological polar surface area (TPSA) is 186 Å². The van der Waals surface area contributed by atoms with Gasteiger partial charge in [0.1, 0.15) is 40.7 Å². The molecule has 67 heavy (non-hydrogen) atoms. The first-order valence-corrected chi connectivity index (χ1v) is 26.4. The van der Waals surface area contributed by atoms with Gasteiger partial charge in [-0.1, -0.05) is 90.1 Å². The number of nitrogens with zero attached hydrogens (tertiary/aromatic N) is 2. The lowest BCUT2D eigenvalue weighted by Gasteiger charge is -2.42. The molecule has 2 saturated heterocycles. The average Bonchev–Trinajstić information content (AvgIpc) is 3.77. The number of likely N-dealkylation sites (N-methyl/N-ethyl adjacent to an activating group) is 1. The number of epoxide rings is 1. The van der Waals surface area contributed by atoms with Crippen molar-refractivity contribution in [2.75, 3.05) is 39.0 Å². The van der Waals surface area contributed by atoms with Crippen LogP contribution in [0.1, 0.15) is 111 Å². The summed E-state index contributed by atoms with van der Waals surface area (Å²) in [5.41, 5.74) is -0.967. The number of hydrogen-bond donors (Lipinski definition) is 3. The number of methoxy groups -OCH3 is 2. The normalized spacial score (nSPS) is 33.1. The number of anilines is 1. The maximum absolute atomic E-state index is 14.3. The molecular formula is C49H71ClN4O11S2. The van der Waals surface area contributed by atoms with E-state index < -0.39 is 65.7 Å². The zero-order valence-electron chi connectivity index (χ0n) is 40.5. The van der Waals surface area contributed by atoms with Crippen molar-refractivity contribution in [1.82, 2.24) is 15.5 Å². The molecule has 3 heterocycles. The van der Waals surface area contributed by atoms with Crippen LogP contribution >= 0.6 is 33.2 Å². The monoisotopic (exact) mass is 990 g/mol. The molecule has 0 radical (unpaired) electrons. The second kappa shape index (κ2) is 23.0. The molecule has 15 nitrogen and oxygen atoms in total. The number of nitrogens with one attached hydrogen (secondary N) is 2. The number of alkyl carbamates (subject to hydrolysis) is 1. The summed E-state index contributed by atoms with van der Waals surface area (Å²) >= 11 is 6.82. The largest absolute Gasteiger partial charge is 0.495 e. The molecule has 5 aliphatic rings. The van der Waals surface area contributed by atoms with Gasteiger partial charge in [0, 0.05) is 63.4 Å². The van der Waals surface area contributed by atoms with Crippen LogP contribution in [0.2, 0.25) is 5.02 Å². The quantitative estimate of drug-likeness (QED) is 0.0720. The SMILES string of the molecule is COc1cc2cc(c1Cl)N(C)C(=O)C[C@H](OC(=O)[C@H](C)N(C)C(=O)CCSSC(C)CCC(=O)NC1CCC3CCCC3C1)[C@]1(C)O[C@H]1[C@H](C)[C@@H]1C[C@@](O)(NC(=O)O1)[C@H](OC)/C=C/C=C(\C)C2. The van der Waals surface area contributed by atoms with Crippen LogP contribution in [0.4, 0.5) is 10.5 Å². The molecule has 18 heteroatoms. The molecule has 2 aliphatic carbocycles. The fourth-order valence-electron chi connectivity index (χ4n) is 10.2. The van der Waals surface area contributed by atoms with Crippen LogP contribution in [0, 0.1) is 17.8 Å². The number of fused-ring (bicyclic) bond motifs is 6. The molecule has 2 saturated carbocycles. The molecule has 372 valence electrons. The van der Waals surface area contributed by atoms with Crippen LogP contribution in [0.3, 0.4) is 0 Å². The number of ether oxygens (including phenoxy) is 5. The van der Waals surface area contributed by atoms with E-state index in [1.807, 2.05) is 13.0 Å². The first kappa shape index (κ1) is 52.9.